The van der Waals surface area contributed by atoms with Crippen molar-refractivity contribution in [2.24, 2.45) is 5.92 Å². The van der Waals surface area contributed by atoms with E-state index in [9.17, 15) is 4.79 Å². The third kappa shape index (κ3) is 3.63. The first-order valence-electron chi connectivity index (χ1n) is 10.9. The van der Waals surface area contributed by atoms with Gasteiger partial charge in [0.25, 0.3) is 0 Å². The molecule has 1 fully saturated rings. The van der Waals surface area contributed by atoms with Crippen molar-refractivity contribution in [1.29, 1.82) is 0 Å². The molecule has 0 unspecified atom stereocenters. The van der Waals surface area contributed by atoms with E-state index in [2.05, 4.69) is 18.7 Å². The number of carbonyl (C=O) groups is 1. The number of carbonyl (C=O) groups excluding carboxylic acids is 1. The number of esters is 1. The zero-order valence-electron chi connectivity index (χ0n) is 17.3. The fraction of sp³-hybridized carbons (Fsp3) is 0.682. The van der Waals surface area contributed by atoms with Crippen LogP contribution in [0.15, 0.2) is 0 Å². The van der Waals surface area contributed by atoms with Crippen LogP contribution >= 0.6 is 11.3 Å². The first-order chi connectivity index (χ1) is 13.6. The van der Waals surface area contributed by atoms with Gasteiger partial charge in [-0.25, -0.2) is 9.97 Å². The van der Waals surface area contributed by atoms with Crippen LogP contribution in [0, 0.1) is 5.92 Å². The van der Waals surface area contributed by atoms with Gasteiger partial charge in [0.2, 0.25) is 0 Å². The Hall–Kier alpha value is -1.69. The van der Waals surface area contributed by atoms with E-state index in [1.165, 1.54) is 35.1 Å². The summed E-state index contributed by atoms with van der Waals surface area (Å²) in [6.45, 7) is 8.37. The number of rotatable bonds is 5. The van der Waals surface area contributed by atoms with E-state index in [1.54, 1.807) is 0 Å². The summed E-state index contributed by atoms with van der Waals surface area (Å²) in [6, 6.07) is 0. The van der Waals surface area contributed by atoms with E-state index < -0.39 is 0 Å². The lowest BCUT2D eigenvalue weighted by Gasteiger charge is -2.33. The molecule has 1 aliphatic heterocycles. The Bertz CT molecular complexity index is 863. The lowest BCUT2D eigenvalue weighted by molar-refractivity contribution is -0.148. The maximum Gasteiger partial charge on any atom is 0.310 e. The van der Waals surface area contributed by atoms with Gasteiger partial charge in [-0.1, -0.05) is 13.8 Å². The van der Waals surface area contributed by atoms with Gasteiger partial charge in [0.05, 0.1) is 17.9 Å². The van der Waals surface area contributed by atoms with Crippen molar-refractivity contribution in [3.63, 3.8) is 0 Å². The lowest BCUT2D eigenvalue weighted by atomic mass is 9.95. The summed E-state index contributed by atoms with van der Waals surface area (Å²) in [4.78, 5) is 27.4. The van der Waals surface area contributed by atoms with Crippen molar-refractivity contribution in [2.75, 3.05) is 24.6 Å². The normalized spacial score (nSPS) is 20.8. The zero-order valence-corrected chi connectivity index (χ0v) is 18.1. The minimum Gasteiger partial charge on any atom is -0.466 e. The lowest BCUT2D eigenvalue weighted by Crippen LogP contribution is -2.40. The van der Waals surface area contributed by atoms with E-state index in [1.807, 2.05) is 18.3 Å². The average Bonchev–Trinajstić information content (AvgIpc) is 3.11. The molecule has 0 spiro atoms. The van der Waals surface area contributed by atoms with Crippen LogP contribution in [-0.2, 0) is 22.4 Å². The Balaban J connectivity index is 1.77. The van der Waals surface area contributed by atoms with Gasteiger partial charge in [-0.3, -0.25) is 4.79 Å². The number of aromatic nitrogens is 2. The van der Waals surface area contributed by atoms with Crippen molar-refractivity contribution >= 4 is 33.3 Å². The molecular formula is C22H31N3O2S. The number of anilines is 1. The van der Waals surface area contributed by atoms with E-state index >= 15 is 0 Å². The minimum atomic E-state index is -0.0630. The van der Waals surface area contributed by atoms with Crippen LogP contribution in [0.2, 0.25) is 0 Å². The Labute approximate surface area is 171 Å². The van der Waals surface area contributed by atoms with Crippen LogP contribution in [-0.4, -0.2) is 35.6 Å². The first kappa shape index (κ1) is 19.6. The van der Waals surface area contributed by atoms with Crippen molar-refractivity contribution in [3.8, 4) is 0 Å². The Morgan fingerprint density at radius 3 is 2.86 bits per heavy atom. The van der Waals surface area contributed by atoms with Gasteiger partial charge in [-0.2, -0.15) is 0 Å². The molecule has 2 aliphatic rings. The summed E-state index contributed by atoms with van der Waals surface area (Å²) >= 11 is 1.87. The fourth-order valence-corrected chi connectivity index (χ4v) is 5.67. The second-order valence-corrected chi connectivity index (χ2v) is 9.23. The molecule has 0 amide bonds. The van der Waals surface area contributed by atoms with Crippen LogP contribution in [0.3, 0.4) is 0 Å². The third-order valence-corrected chi connectivity index (χ3v) is 7.39. The molecule has 1 saturated heterocycles. The summed E-state index contributed by atoms with van der Waals surface area (Å²) in [7, 11) is 0. The molecule has 152 valence electrons. The highest BCUT2D eigenvalue weighted by molar-refractivity contribution is 7.19. The fourth-order valence-electron chi connectivity index (χ4n) is 4.41. The van der Waals surface area contributed by atoms with E-state index in [-0.39, 0.29) is 11.9 Å². The van der Waals surface area contributed by atoms with Crippen molar-refractivity contribution in [1.82, 2.24) is 9.97 Å². The van der Waals surface area contributed by atoms with Crippen molar-refractivity contribution < 1.29 is 9.53 Å². The predicted molar refractivity (Wildman–Crippen MR) is 114 cm³/mol. The largest absolute Gasteiger partial charge is 0.466 e. The second-order valence-electron chi connectivity index (χ2n) is 8.14. The highest BCUT2D eigenvalue weighted by Crippen LogP contribution is 2.41. The number of thiophene rings is 1. The van der Waals surface area contributed by atoms with Crippen molar-refractivity contribution in [2.45, 2.75) is 71.6 Å². The molecule has 0 aromatic carbocycles. The molecule has 6 heteroatoms. The predicted octanol–water partition coefficient (Wildman–Crippen LogP) is 4.86. The highest BCUT2D eigenvalue weighted by Gasteiger charge is 2.31. The molecule has 2 atom stereocenters. The van der Waals surface area contributed by atoms with Gasteiger partial charge in [-0.15, -0.1) is 11.3 Å². The summed E-state index contributed by atoms with van der Waals surface area (Å²) in [5.41, 5.74) is 1.47. The first-order valence-corrected chi connectivity index (χ1v) is 11.7. The van der Waals surface area contributed by atoms with Crippen LogP contribution in [0.1, 0.15) is 75.1 Å². The smallest absolute Gasteiger partial charge is 0.310 e. The number of hydrogen-bond acceptors (Lipinski definition) is 6. The molecule has 0 bridgehead atoms. The van der Waals surface area contributed by atoms with Crippen LogP contribution in [0.25, 0.3) is 10.2 Å². The molecule has 5 nitrogen and oxygen atoms in total. The monoisotopic (exact) mass is 401 g/mol. The zero-order chi connectivity index (χ0) is 19.7. The number of ether oxygens (including phenoxy) is 1. The van der Waals surface area contributed by atoms with Gasteiger partial charge < -0.3 is 9.64 Å². The number of nitrogens with zero attached hydrogens (tertiary/aromatic N) is 3. The molecule has 28 heavy (non-hydrogen) atoms. The Morgan fingerprint density at radius 1 is 1.25 bits per heavy atom. The molecule has 2 aromatic rings. The van der Waals surface area contributed by atoms with Crippen LogP contribution < -0.4 is 4.90 Å². The quantitative estimate of drug-likeness (QED) is 0.670. The summed E-state index contributed by atoms with van der Waals surface area (Å²) < 4.78 is 5.31. The van der Waals surface area contributed by atoms with E-state index in [0.717, 1.165) is 48.7 Å². The van der Waals surface area contributed by atoms with Crippen molar-refractivity contribution in [3.05, 3.63) is 16.3 Å². The van der Waals surface area contributed by atoms with Gasteiger partial charge >= 0.3 is 5.97 Å². The standard InChI is InChI=1S/C22H31N3O2S/c1-4-14(3)19-23-20(25-12-8-9-15(13-25)22(26)27-5-2)18-16-10-6-7-11-17(16)28-21(18)24-19/h14-15H,4-13H2,1-3H3/t14-,15+/m0/s1. The number of fused-ring (bicyclic) bond motifs is 3. The maximum absolute atomic E-state index is 12.4. The number of hydrogen-bond donors (Lipinski definition) is 0. The summed E-state index contributed by atoms with van der Waals surface area (Å²) in [5, 5.41) is 1.26. The SMILES string of the molecule is CCOC(=O)[C@@H]1CCCN(c2nc([C@@H](C)CC)nc3sc4c(c23)CCCC4)C1. The summed E-state index contributed by atoms with van der Waals surface area (Å²) in [6.07, 6.45) is 7.75. The van der Waals surface area contributed by atoms with Crippen LogP contribution in [0.4, 0.5) is 5.82 Å². The Kier molecular flexibility index (Phi) is 5.85. The number of aryl methyl sites for hydroxylation is 2. The van der Waals surface area contributed by atoms with Crippen LogP contribution in [0.5, 0.6) is 0 Å². The average molecular weight is 402 g/mol. The van der Waals surface area contributed by atoms with Gasteiger partial charge in [0, 0.05) is 23.9 Å². The Morgan fingerprint density at radius 2 is 2.07 bits per heavy atom. The van der Waals surface area contributed by atoms with Gasteiger partial charge in [-0.05, 0) is 57.4 Å². The highest BCUT2D eigenvalue weighted by atomic mass is 32.1. The minimum absolute atomic E-state index is 0.0553. The van der Waals surface area contributed by atoms with Gasteiger partial charge in [0.15, 0.2) is 0 Å². The molecule has 2 aromatic heterocycles. The van der Waals surface area contributed by atoms with E-state index in [0.29, 0.717) is 19.1 Å². The second kappa shape index (κ2) is 8.36. The third-order valence-electron chi connectivity index (χ3n) is 6.21. The van der Waals surface area contributed by atoms with Gasteiger partial charge in [0.1, 0.15) is 16.5 Å². The molecule has 1 aliphatic carbocycles. The van der Waals surface area contributed by atoms with E-state index in [4.69, 9.17) is 14.7 Å². The molecule has 0 N–H and O–H groups in total. The topological polar surface area (TPSA) is 55.3 Å². The molecular weight excluding hydrogens is 370 g/mol. The summed E-state index contributed by atoms with van der Waals surface area (Å²) in [5.74, 6) is 2.23. The molecule has 3 heterocycles. The molecule has 4 rings (SSSR count). The molecule has 0 saturated carbocycles. The number of piperidine rings is 1. The maximum atomic E-state index is 12.4. The molecule has 0 radical (unpaired) electrons.